The Balaban J connectivity index is 1.63. The van der Waals surface area contributed by atoms with Gasteiger partial charge in [-0.3, -0.25) is 4.79 Å². The van der Waals surface area contributed by atoms with E-state index in [1.54, 1.807) is 20.8 Å². The third-order valence-electron chi connectivity index (χ3n) is 7.76. The van der Waals surface area contributed by atoms with Gasteiger partial charge in [0.15, 0.2) is 15.7 Å². The van der Waals surface area contributed by atoms with Gasteiger partial charge in [-0.1, -0.05) is 29.4 Å². The summed E-state index contributed by atoms with van der Waals surface area (Å²) >= 11 is 0. The van der Waals surface area contributed by atoms with Crippen LogP contribution in [0.25, 0.3) is 11.1 Å². The van der Waals surface area contributed by atoms with Crippen LogP contribution in [-0.4, -0.2) is 65.2 Å². The molecule has 1 aliphatic carbocycles. The van der Waals surface area contributed by atoms with Crippen LogP contribution in [0, 0.1) is 5.82 Å². The molecule has 0 bridgehead atoms. The molecule has 3 aromatic rings. The Morgan fingerprint density at radius 1 is 1.17 bits per heavy atom. The minimum Gasteiger partial charge on any atom is -0.444 e. The molecule has 2 heterocycles. The van der Waals surface area contributed by atoms with E-state index in [1.807, 2.05) is 0 Å². The lowest BCUT2D eigenvalue weighted by atomic mass is 9.97. The van der Waals surface area contributed by atoms with E-state index in [2.05, 4.69) is 20.7 Å². The molecule has 0 unspecified atom stereocenters. The van der Waals surface area contributed by atoms with E-state index >= 15 is 4.39 Å². The third-order valence-corrected chi connectivity index (χ3v) is 9.53. The number of halogens is 4. The van der Waals surface area contributed by atoms with Gasteiger partial charge in [0.25, 0.3) is 5.91 Å². The first kappa shape index (κ1) is 33.6. The van der Waals surface area contributed by atoms with Crippen molar-refractivity contribution in [2.24, 2.45) is 10.9 Å². The highest BCUT2D eigenvalue weighted by Gasteiger charge is 2.65. The maximum atomic E-state index is 15.7. The van der Waals surface area contributed by atoms with Gasteiger partial charge in [0.1, 0.15) is 22.9 Å². The number of hydrogen-bond donors (Lipinski definition) is 3. The van der Waals surface area contributed by atoms with Crippen LogP contribution in [0.4, 0.5) is 28.0 Å². The smallest absolute Gasteiger partial charge is 0.408 e. The summed E-state index contributed by atoms with van der Waals surface area (Å²) in [6.45, 7) is 4.41. The molecule has 2 aromatic carbocycles. The van der Waals surface area contributed by atoms with Gasteiger partial charge >= 0.3 is 12.3 Å². The lowest BCUT2D eigenvalue weighted by Crippen LogP contribution is -2.51. The van der Waals surface area contributed by atoms with Gasteiger partial charge in [0, 0.05) is 16.7 Å². The Kier molecular flexibility index (Phi) is 8.41. The molecule has 250 valence electrons. The molecule has 0 spiro atoms. The van der Waals surface area contributed by atoms with E-state index < -0.39 is 67.2 Å². The van der Waals surface area contributed by atoms with E-state index in [9.17, 15) is 31.2 Å². The topological polar surface area (TPSA) is 177 Å². The molecular formula is C30H30F4N6O6S. The number of hydrogen-bond acceptors (Lipinski definition) is 9. The predicted molar refractivity (Wildman–Crippen MR) is 160 cm³/mol. The van der Waals surface area contributed by atoms with Gasteiger partial charge in [-0.15, -0.1) is 0 Å². The molecular weight excluding hydrogens is 648 g/mol. The summed E-state index contributed by atoms with van der Waals surface area (Å²) in [5.41, 5.74) is 2.05. The lowest BCUT2D eigenvalue weighted by molar-refractivity contribution is -0.161. The molecule has 0 radical (unpaired) electrons. The minimum atomic E-state index is -4.62. The Labute approximate surface area is 266 Å². The van der Waals surface area contributed by atoms with Crippen molar-refractivity contribution >= 4 is 33.4 Å². The number of sulfone groups is 1. The zero-order valence-electron chi connectivity index (χ0n) is 25.3. The van der Waals surface area contributed by atoms with Crippen molar-refractivity contribution in [2.75, 3.05) is 10.7 Å². The summed E-state index contributed by atoms with van der Waals surface area (Å²) in [6.07, 6.45) is -5.09. The molecule has 2 aliphatic rings. The number of ether oxygens (including phenoxy) is 1. The summed E-state index contributed by atoms with van der Waals surface area (Å²) in [4.78, 5) is 27.1. The Bertz CT molecular complexity index is 1870. The standard InChI is InChI=1S/C30H30F4N6O6S/c1-28(2,3)46-27(42)37-21-15-47(44,45)23-12-20(31)19(18-10-24(38-36-13-18)29(8-9-29)30(32,33)34)11-22(23)40(26(21)41)14-16-4-6-17(7-5-16)25(35)39-43/h4-7,10-13,21,43H,8-9,14-15H2,1-3H3,(H2,35,39)(H,37,42)/t21-/m0/s1. The monoisotopic (exact) mass is 678 g/mol. The van der Waals surface area contributed by atoms with E-state index in [4.69, 9.17) is 15.7 Å². The number of amides is 2. The third kappa shape index (κ3) is 6.70. The SMILES string of the molecule is CC(C)(C)OC(=O)N[C@H]1CS(=O)(=O)c2cc(F)c(-c3cnnc(C4(C(F)(F)F)CC4)c3)cc2N(Cc2ccc(/C(N)=N/O)cc2)C1=O. The second kappa shape index (κ2) is 11.8. The minimum absolute atomic E-state index is 0.119. The molecule has 47 heavy (non-hydrogen) atoms. The predicted octanol–water partition coefficient (Wildman–Crippen LogP) is 4.18. The summed E-state index contributed by atoms with van der Waals surface area (Å²) in [5, 5.41) is 21.5. The number of alkyl halides is 3. The molecule has 12 nitrogen and oxygen atoms in total. The number of aromatic nitrogens is 2. The number of anilines is 1. The molecule has 1 fully saturated rings. The lowest BCUT2D eigenvalue weighted by Gasteiger charge is -2.27. The fraction of sp³-hybridized carbons (Fsp3) is 0.367. The maximum Gasteiger partial charge on any atom is 0.408 e. The van der Waals surface area contributed by atoms with E-state index in [0.29, 0.717) is 17.2 Å². The Morgan fingerprint density at radius 3 is 2.40 bits per heavy atom. The number of nitrogens with one attached hydrogen (secondary N) is 1. The average molecular weight is 679 g/mol. The van der Waals surface area contributed by atoms with E-state index in [1.165, 1.54) is 24.3 Å². The number of oxime groups is 1. The van der Waals surface area contributed by atoms with Gasteiger partial charge in [0.2, 0.25) is 0 Å². The van der Waals surface area contributed by atoms with Crippen molar-refractivity contribution in [2.45, 2.75) is 68.3 Å². The van der Waals surface area contributed by atoms with Crippen LogP contribution in [0.2, 0.25) is 0 Å². The fourth-order valence-electron chi connectivity index (χ4n) is 5.21. The number of benzene rings is 2. The zero-order valence-corrected chi connectivity index (χ0v) is 26.1. The molecule has 4 N–H and O–H groups in total. The van der Waals surface area contributed by atoms with Gasteiger partial charge in [-0.25, -0.2) is 17.6 Å². The maximum absolute atomic E-state index is 15.7. The van der Waals surface area contributed by atoms with E-state index in [-0.39, 0.29) is 42.0 Å². The fourth-order valence-corrected chi connectivity index (χ4v) is 6.82. The number of nitrogens with zero attached hydrogens (tertiary/aromatic N) is 4. The van der Waals surface area contributed by atoms with Crippen molar-refractivity contribution < 1.29 is 45.5 Å². The molecule has 5 rings (SSSR count). The quantitative estimate of drug-likeness (QED) is 0.113. The molecule has 1 atom stereocenters. The number of rotatable bonds is 6. The highest BCUT2D eigenvalue weighted by atomic mass is 32.2. The molecule has 0 saturated heterocycles. The Hall–Kier alpha value is -4.80. The average Bonchev–Trinajstić information content (AvgIpc) is 3.81. The highest BCUT2D eigenvalue weighted by molar-refractivity contribution is 7.91. The van der Waals surface area contributed by atoms with Crippen LogP contribution in [-0.2, 0) is 31.3 Å². The molecule has 1 aromatic heterocycles. The summed E-state index contributed by atoms with van der Waals surface area (Å²) in [6, 6.07) is 7.13. The van der Waals surface area contributed by atoms with Crippen molar-refractivity contribution in [3.63, 3.8) is 0 Å². The van der Waals surface area contributed by atoms with Crippen molar-refractivity contribution in [3.8, 4) is 11.1 Å². The van der Waals surface area contributed by atoms with E-state index in [0.717, 1.165) is 23.2 Å². The largest absolute Gasteiger partial charge is 0.444 e. The number of carbonyl (C=O) groups is 2. The van der Waals surface area contributed by atoms with Gasteiger partial charge in [-0.05, 0) is 57.4 Å². The first-order valence-electron chi connectivity index (χ1n) is 14.2. The normalized spacial score (nSPS) is 19.0. The number of amidine groups is 1. The summed E-state index contributed by atoms with van der Waals surface area (Å²) in [5.74, 6) is -3.12. The molecule has 1 saturated carbocycles. The van der Waals surface area contributed by atoms with Crippen LogP contribution in [0.1, 0.15) is 50.4 Å². The van der Waals surface area contributed by atoms with Gasteiger partial charge in [0.05, 0.1) is 34.8 Å². The first-order chi connectivity index (χ1) is 21.8. The second-order valence-electron chi connectivity index (χ2n) is 12.3. The number of carbonyl (C=O) groups excluding carboxylic acids is 2. The number of fused-ring (bicyclic) bond motifs is 1. The number of nitrogens with two attached hydrogens (primary N) is 1. The molecule has 2 amide bonds. The van der Waals surface area contributed by atoms with Crippen molar-refractivity contribution in [1.29, 1.82) is 0 Å². The Morgan fingerprint density at radius 2 is 1.83 bits per heavy atom. The number of alkyl carbamates (subject to hydrolysis) is 1. The summed E-state index contributed by atoms with van der Waals surface area (Å²) in [7, 11) is -4.47. The molecule has 17 heteroatoms. The van der Waals surface area contributed by atoms with Crippen molar-refractivity contribution in [3.05, 3.63) is 71.3 Å². The molecule has 1 aliphatic heterocycles. The second-order valence-corrected chi connectivity index (χ2v) is 14.3. The summed E-state index contributed by atoms with van der Waals surface area (Å²) < 4.78 is 89.8. The highest BCUT2D eigenvalue weighted by Crippen LogP contribution is 2.58. The van der Waals surface area contributed by atoms with Crippen LogP contribution in [0.5, 0.6) is 0 Å². The van der Waals surface area contributed by atoms with Crippen LogP contribution in [0.3, 0.4) is 0 Å². The van der Waals surface area contributed by atoms with Crippen molar-refractivity contribution in [1.82, 2.24) is 15.5 Å². The van der Waals surface area contributed by atoms with Gasteiger partial charge < -0.3 is 25.9 Å². The van der Waals surface area contributed by atoms with Crippen LogP contribution >= 0.6 is 0 Å². The first-order valence-corrected chi connectivity index (χ1v) is 15.8. The van der Waals surface area contributed by atoms with Crippen LogP contribution in [0.15, 0.2) is 58.7 Å². The van der Waals surface area contributed by atoms with Crippen LogP contribution < -0.4 is 16.0 Å². The van der Waals surface area contributed by atoms with Gasteiger partial charge in [-0.2, -0.15) is 23.4 Å². The zero-order chi connectivity index (χ0) is 34.5.